The molecule has 0 saturated carbocycles. The van der Waals surface area contributed by atoms with Crippen molar-refractivity contribution in [2.75, 3.05) is 13.1 Å². The molecule has 3 heterocycles. The minimum absolute atomic E-state index is 0.00843. The highest BCUT2D eigenvalue weighted by atomic mass is 16.2. The molecule has 2 N–H and O–H groups in total. The topological polar surface area (TPSA) is 73.9 Å². The Morgan fingerprint density at radius 2 is 2.28 bits per heavy atom. The number of nitrogens with one attached hydrogen (secondary N) is 2. The van der Waals surface area contributed by atoms with Crippen molar-refractivity contribution in [2.45, 2.75) is 44.2 Å². The Morgan fingerprint density at radius 3 is 3.00 bits per heavy atom. The number of carbonyl (C=O) groups is 1. The maximum absolute atomic E-state index is 12.4. The smallest absolute Gasteiger partial charge is 0.291 e. The molecule has 6 heteroatoms. The van der Waals surface area contributed by atoms with Gasteiger partial charge in [-0.2, -0.15) is 5.10 Å². The SMILES string of the molecule is O=C(c1ncn[nH]1)N1CCCCC1C1CCCN1. The Kier molecular flexibility index (Phi) is 3.27. The number of likely N-dealkylation sites (tertiary alicyclic amines) is 1. The van der Waals surface area contributed by atoms with Crippen molar-refractivity contribution in [2.24, 2.45) is 0 Å². The van der Waals surface area contributed by atoms with E-state index in [4.69, 9.17) is 0 Å². The van der Waals surface area contributed by atoms with Gasteiger partial charge in [-0.25, -0.2) is 4.98 Å². The number of hydrogen-bond acceptors (Lipinski definition) is 4. The van der Waals surface area contributed by atoms with E-state index in [2.05, 4.69) is 20.5 Å². The average Bonchev–Trinajstić information content (AvgIpc) is 3.11. The van der Waals surface area contributed by atoms with Crippen LogP contribution >= 0.6 is 0 Å². The molecule has 18 heavy (non-hydrogen) atoms. The Hall–Kier alpha value is -1.43. The molecular weight excluding hydrogens is 230 g/mol. The fourth-order valence-corrected chi connectivity index (χ4v) is 3.11. The summed E-state index contributed by atoms with van der Waals surface area (Å²) in [4.78, 5) is 18.3. The molecule has 0 aromatic carbocycles. The van der Waals surface area contributed by atoms with Crippen LogP contribution in [0.5, 0.6) is 0 Å². The first-order chi connectivity index (χ1) is 8.86. The third kappa shape index (κ3) is 2.12. The molecule has 0 aliphatic carbocycles. The van der Waals surface area contributed by atoms with Gasteiger partial charge in [0.05, 0.1) is 0 Å². The van der Waals surface area contributed by atoms with E-state index in [0.717, 1.165) is 25.9 Å². The van der Waals surface area contributed by atoms with Gasteiger partial charge in [0, 0.05) is 18.6 Å². The highest BCUT2D eigenvalue weighted by Crippen LogP contribution is 2.25. The van der Waals surface area contributed by atoms with Gasteiger partial charge in [0.25, 0.3) is 5.91 Å². The minimum atomic E-state index is -0.00843. The summed E-state index contributed by atoms with van der Waals surface area (Å²) >= 11 is 0. The Labute approximate surface area is 106 Å². The van der Waals surface area contributed by atoms with E-state index < -0.39 is 0 Å². The van der Waals surface area contributed by atoms with Crippen LogP contribution in [0.15, 0.2) is 6.33 Å². The molecule has 3 rings (SSSR count). The average molecular weight is 249 g/mol. The van der Waals surface area contributed by atoms with Crippen LogP contribution in [-0.4, -0.2) is 51.2 Å². The molecule has 2 atom stereocenters. The van der Waals surface area contributed by atoms with Gasteiger partial charge in [0.2, 0.25) is 5.82 Å². The number of piperidine rings is 1. The van der Waals surface area contributed by atoms with Gasteiger partial charge in [-0.1, -0.05) is 0 Å². The summed E-state index contributed by atoms with van der Waals surface area (Å²) in [5.74, 6) is 0.353. The van der Waals surface area contributed by atoms with Crippen LogP contribution in [-0.2, 0) is 0 Å². The van der Waals surface area contributed by atoms with E-state index in [0.29, 0.717) is 17.9 Å². The second-order valence-electron chi connectivity index (χ2n) is 5.10. The lowest BCUT2D eigenvalue weighted by Gasteiger charge is -2.38. The fourth-order valence-electron chi connectivity index (χ4n) is 3.11. The van der Waals surface area contributed by atoms with E-state index in [1.54, 1.807) is 0 Å². The maximum Gasteiger partial charge on any atom is 0.291 e. The molecule has 1 amide bonds. The van der Waals surface area contributed by atoms with E-state index in [1.807, 2.05) is 4.90 Å². The highest BCUT2D eigenvalue weighted by Gasteiger charge is 2.35. The van der Waals surface area contributed by atoms with Crippen LogP contribution in [0.1, 0.15) is 42.7 Å². The normalized spacial score (nSPS) is 28.6. The predicted molar refractivity (Wildman–Crippen MR) is 66.1 cm³/mol. The third-order valence-electron chi connectivity index (χ3n) is 3.99. The molecule has 2 unspecified atom stereocenters. The maximum atomic E-state index is 12.4. The predicted octanol–water partition coefficient (Wildman–Crippen LogP) is 0.551. The summed E-state index contributed by atoms with van der Waals surface area (Å²) in [5, 5.41) is 9.95. The standard InChI is InChI=1S/C12H19N5O/c18-12(11-14-8-15-16-11)17-7-2-1-5-10(17)9-4-3-6-13-9/h8-10,13H,1-7H2,(H,14,15,16). The first-order valence-corrected chi connectivity index (χ1v) is 6.76. The monoisotopic (exact) mass is 249 g/mol. The van der Waals surface area contributed by atoms with Gasteiger partial charge in [0.15, 0.2) is 0 Å². The van der Waals surface area contributed by atoms with E-state index in [9.17, 15) is 4.79 Å². The number of hydrogen-bond donors (Lipinski definition) is 2. The zero-order chi connectivity index (χ0) is 12.4. The van der Waals surface area contributed by atoms with Crippen LogP contribution in [0.3, 0.4) is 0 Å². The summed E-state index contributed by atoms with van der Waals surface area (Å²) in [6, 6.07) is 0.774. The summed E-state index contributed by atoms with van der Waals surface area (Å²) in [6.45, 7) is 1.91. The first-order valence-electron chi connectivity index (χ1n) is 6.76. The number of rotatable bonds is 2. The molecule has 1 aromatic heterocycles. The van der Waals surface area contributed by atoms with Crippen LogP contribution < -0.4 is 5.32 Å². The molecule has 2 saturated heterocycles. The van der Waals surface area contributed by atoms with E-state index in [1.165, 1.54) is 25.6 Å². The van der Waals surface area contributed by atoms with E-state index in [-0.39, 0.29) is 5.91 Å². The van der Waals surface area contributed by atoms with Crippen molar-refractivity contribution >= 4 is 5.91 Å². The van der Waals surface area contributed by atoms with Crippen molar-refractivity contribution < 1.29 is 4.79 Å². The van der Waals surface area contributed by atoms with Crippen molar-refractivity contribution in [3.05, 3.63) is 12.2 Å². The van der Waals surface area contributed by atoms with Crippen molar-refractivity contribution in [1.29, 1.82) is 0 Å². The summed E-state index contributed by atoms with van der Waals surface area (Å²) < 4.78 is 0. The Morgan fingerprint density at radius 1 is 1.33 bits per heavy atom. The molecule has 2 aliphatic rings. The number of amides is 1. The molecule has 98 valence electrons. The molecule has 2 fully saturated rings. The lowest BCUT2D eigenvalue weighted by Crippen LogP contribution is -2.52. The number of carbonyl (C=O) groups excluding carboxylic acids is 1. The van der Waals surface area contributed by atoms with Gasteiger partial charge < -0.3 is 10.2 Å². The number of H-pyrrole nitrogens is 1. The Bertz CT molecular complexity index is 399. The second-order valence-corrected chi connectivity index (χ2v) is 5.10. The molecule has 0 radical (unpaired) electrons. The third-order valence-corrected chi connectivity index (χ3v) is 3.99. The number of aromatic amines is 1. The van der Waals surface area contributed by atoms with Crippen LogP contribution in [0.4, 0.5) is 0 Å². The van der Waals surface area contributed by atoms with Gasteiger partial charge in [-0.15, -0.1) is 0 Å². The quantitative estimate of drug-likeness (QED) is 0.803. The lowest BCUT2D eigenvalue weighted by atomic mass is 9.94. The van der Waals surface area contributed by atoms with Gasteiger partial charge in [-0.3, -0.25) is 9.89 Å². The zero-order valence-electron chi connectivity index (χ0n) is 10.4. The lowest BCUT2D eigenvalue weighted by molar-refractivity contribution is 0.0551. The van der Waals surface area contributed by atoms with Gasteiger partial charge >= 0.3 is 0 Å². The van der Waals surface area contributed by atoms with Crippen LogP contribution in [0.2, 0.25) is 0 Å². The summed E-state index contributed by atoms with van der Waals surface area (Å²) in [6.07, 6.45) is 7.17. The van der Waals surface area contributed by atoms with Crippen molar-refractivity contribution in [1.82, 2.24) is 25.4 Å². The van der Waals surface area contributed by atoms with E-state index >= 15 is 0 Å². The molecular formula is C12H19N5O. The van der Waals surface area contributed by atoms with Gasteiger partial charge in [0.1, 0.15) is 6.33 Å². The summed E-state index contributed by atoms with van der Waals surface area (Å²) in [7, 11) is 0. The van der Waals surface area contributed by atoms with Crippen molar-refractivity contribution in [3.63, 3.8) is 0 Å². The van der Waals surface area contributed by atoms with Crippen LogP contribution in [0, 0.1) is 0 Å². The Balaban J connectivity index is 1.76. The highest BCUT2D eigenvalue weighted by molar-refractivity contribution is 5.90. The first kappa shape index (κ1) is 11.6. The molecule has 6 nitrogen and oxygen atoms in total. The number of aromatic nitrogens is 3. The molecule has 0 spiro atoms. The largest absolute Gasteiger partial charge is 0.331 e. The number of nitrogens with zero attached hydrogens (tertiary/aromatic N) is 3. The molecule has 2 aliphatic heterocycles. The van der Waals surface area contributed by atoms with Crippen molar-refractivity contribution in [3.8, 4) is 0 Å². The zero-order valence-corrected chi connectivity index (χ0v) is 10.4. The molecule has 0 bridgehead atoms. The summed E-state index contributed by atoms with van der Waals surface area (Å²) in [5.41, 5.74) is 0. The minimum Gasteiger partial charge on any atom is -0.331 e. The van der Waals surface area contributed by atoms with Gasteiger partial charge in [-0.05, 0) is 38.6 Å². The molecule has 1 aromatic rings. The van der Waals surface area contributed by atoms with Crippen LogP contribution in [0.25, 0.3) is 0 Å². The second kappa shape index (κ2) is 5.06. The fraction of sp³-hybridized carbons (Fsp3) is 0.750.